The smallest absolute Gasteiger partial charge is 0.302 e. The van der Waals surface area contributed by atoms with Crippen LogP contribution in [0.1, 0.15) is 13.8 Å². The minimum absolute atomic E-state index is 0.211. The van der Waals surface area contributed by atoms with E-state index < -0.39 is 0 Å². The van der Waals surface area contributed by atoms with Crippen molar-refractivity contribution in [2.75, 3.05) is 6.61 Å². The van der Waals surface area contributed by atoms with E-state index in [1.807, 2.05) is 0 Å². The molecule has 6 heavy (non-hydrogen) atoms. The van der Waals surface area contributed by atoms with Gasteiger partial charge < -0.3 is 4.74 Å². The monoisotopic (exact) mass is 89.1 g/mol. The fraction of sp³-hybridized carbons (Fsp3) is 0.750. The van der Waals surface area contributed by atoms with E-state index in [9.17, 15) is 4.79 Å². The van der Waals surface area contributed by atoms with Crippen molar-refractivity contribution >= 4 is 5.97 Å². The Labute approximate surface area is 37.1 Å². The van der Waals surface area contributed by atoms with E-state index in [4.69, 9.17) is 0 Å². The average molecular weight is 89.1 g/mol. The molecule has 0 aliphatic rings. The Balaban J connectivity index is 2.83. The number of hydrogen-bond donors (Lipinski definition) is 0. The quantitative estimate of drug-likeness (QED) is 0.347. The van der Waals surface area contributed by atoms with E-state index in [0.29, 0.717) is 6.61 Å². The van der Waals surface area contributed by atoms with Gasteiger partial charge in [0.05, 0.1) is 6.61 Å². The molecule has 0 aliphatic heterocycles. The van der Waals surface area contributed by atoms with E-state index in [2.05, 4.69) is 4.74 Å². The van der Waals surface area contributed by atoms with Crippen LogP contribution >= 0.6 is 0 Å². The number of ether oxygens (including phenoxy) is 1. The van der Waals surface area contributed by atoms with Crippen LogP contribution in [0.4, 0.5) is 0 Å². The Morgan fingerprint density at radius 1 is 1.83 bits per heavy atom. The van der Waals surface area contributed by atoms with Crippen molar-refractivity contribution in [2.45, 2.75) is 13.8 Å². The van der Waals surface area contributed by atoms with Crippen LogP contribution in [0, 0.1) is 0 Å². The molecule has 0 aliphatic carbocycles. The summed E-state index contributed by atoms with van der Waals surface area (Å²) in [5, 5.41) is 0. The summed E-state index contributed by atoms with van der Waals surface area (Å²) in [4.78, 5) is 9.82. The van der Waals surface area contributed by atoms with Crippen molar-refractivity contribution in [1.29, 1.82) is 0 Å². The van der Waals surface area contributed by atoms with Gasteiger partial charge in [0, 0.05) is 6.92 Å². The van der Waals surface area contributed by atoms with Gasteiger partial charge >= 0.3 is 5.97 Å². The maximum absolute atomic E-state index is 9.82. The van der Waals surface area contributed by atoms with Gasteiger partial charge in [-0.05, 0) is 6.92 Å². The van der Waals surface area contributed by atoms with Crippen LogP contribution in [0.5, 0.6) is 0 Å². The topological polar surface area (TPSA) is 26.3 Å². The lowest BCUT2D eigenvalue weighted by Crippen LogP contribution is -1.95. The molecule has 0 atom stereocenters. The number of carbonyl (C=O) groups is 1. The molecular weight excluding hydrogens is 81.0 g/mol. The second-order valence-electron chi connectivity index (χ2n) is 0.925. The van der Waals surface area contributed by atoms with Gasteiger partial charge in [0.25, 0.3) is 0 Å². The van der Waals surface area contributed by atoms with Crippen molar-refractivity contribution in [1.82, 2.24) is 0 Å². The second kappa shape index (κ2) is 2.69. The first-order valence-electron chi connectivity index (χ1n) is 1.90. The summed E-state index contributed by atoms with van der Waals surface area (Å²) in [6.07, 6.45) is 0. The lowest BCUT2D eigenvalue weighted by Gasteiger charge is -1.89. The van der Waals surface area contributed by atoms with E-state index in [1.54, 1.807) is 6.92 Å². The maximum Gasteiger partial charge on any atom is 0.302 e. The van der Waals surface area contributed by atoms with E-state index in [0.717, 1.165) is 0 Å². The third-order valence-electron chi connectivity index (χ3n) is 0.348. The van der Waals surface area contributed by atoms with Crippen LogP contribution in [0.15, 0.2) is 0 Å². The zero-order chi connectivity index (χ0) is 4.99. The van der Waals surface area contributed by atoms with E-state index in [1.165, 1.54) is 6.92 Å². The number of esters is 1. The molecule has 0 saturated carbocycles. The number of rotatable bonds is 1. The Kier molecular flexibility index (Phi) is 2.46. The lowest BCUT2D eigenvalue weighted by atomic mass is 10.9. The molecule has 0 bridgehead atoms. The zero-order valence-corrected chi connectivity index (χ0v) is 4.02. The molecule has 0 radical (unpaired) electrons. The third-order valence-corrected chi connectivity index (χ3v) is 0.348. The molecular formula is C4H8O2. The Hall–Kier alpha value is -0.530. The highest BCUT2D eigenvalue weighted by atomic mass is 16.6. The van der Waals surface area contributed by atoms with Crippen LogP contribution in [0.3, 0.4) is 0 Å². The van der Waals surface area contributed by atoms with Crippen molar-refractivity contribution in [3.63, 3.8) is 0 Å². The second-order valence-corrected chi connectivity index (χ2v) is 0.925. The minimum atomic E-state index is -0.211. The van der Waals surface area contributed by atoms with Gasteiger partial charge in [-0.25, -0.2) is 0 Å². The van der Waals surface area contributed by atoms with Crippen LogP contribution in [0.25, 0.3) is 0 Å². The van der Waals surface area contributed by atoms with Crippen LogP contribution in [-0.4, -0.2) is 12.6 Å². The summed E-state index contributed by atoms with van der Waals surface area (Å²) in [6, 6.07) is 0. The number of carbonyl (C=O) groups excluding carboxylic acids is 1. The molecule has 0 heterocycles. The van der Waals surface area contributed by atoms with Crippen LogP contribution in [-0.2, 0) is 9.53 Å². The fourth-order valence-corrected chi connectivity index (χ4v) is 0.203. The summed E-state index contributed by atoms with van der Waals surface area (Å²) in [5.74, 6) is -0.211. The van der Waals surface area contributed by atoms with Crippen LogP contribution < -0.4 is 0 Å². The highest BCUT2D eigenvalue weighted by Gasteiger charge is 1.81. The Morgan fingerprint density at radius 2 is 2.33 bits per heavy atom. The summed E-state index contributed by atoms with van der Waals surface area (Å²) in [6.45, 7) is 3.65. The molecule has 36 valence electrons. The molecule has 0 aromatic heterocycles. The third kappa shape index (κ3) is 3.47. The summed E-state index contributed by atoms with van der Waals surface area (Å²) in [5.41, 5.74) is 0. The first-order chi connectivity index (χ1) is 2.77. The summed E-state index contributed by atoms with van der Waals surface area (Å²) >= 11 is 0. The molecule has 0 spiro atoms. The van der Waals surface area contributed by atoms with Gasteiger partial charge in [-0.15, -0.1) is 0 Å². The number of hydrogen-bond acceptors (Lipinski definition) is 2. The largest absolute Gasteiger partial charge is 0.466 e. The average Bonchev–Trinajstić information content (AvgIpc) is 1.35. The molecule has 0 rings (SSSR count). The van der Waals surface area contributed by atoms with Crippen molar-refractivity contribution < 1.29 is 9.53 Å². The highest BCUT2D eigenvalue weighted by molar-refractivity contribution is 5.65. The standard InChI is InChI=1S/C4H8O2/c1-3-6-4(2)5/h3H2,1-2H3/i4+1. The molecule has 0 aromatic rings. The van der Waals surface area contributed by atoms with E-state index in [-0.39, 0.29) is 5.97 Å². The van der Waals surface area contributed by atoms with Gasteiger partial charge in [0.1, 0.15) is 0 Å². The molecule has 0 aromatic carbocycles. The Bertz CT molecular complexity index is 49.5. The summed E-state index contributed by atoms with van der Waals surface area (Å²) in [7, 11) is 0. The van der Waals surface area contributed by atoms with Crippen molar-refractivity contribution in [2.24, 2.45) is 0 Å². The molecule has 0 amide bonds. The molecule has 0 unspecified atom stereocenters. The molecule has 0 fully saturated rings. The van der Waals surface area contributed by atoms with Crippen LogP contribution in [0.2, 0.25) is 0 Å². The lowest BCUT2D eigenvalue weighted by molar-refractivity contribution is -0.140. The Morgan fingerprint density at radius 3 is 2.33 bits per heavy atom. The van der Waals surface area contributed by atoms with Gasteiger partial charge in [-0.2, -0.15) is 0 Å². The van der Waals surface area contributed by atoms with Gasteiger partial charge in [-0.1, -0.05) is 0 Å². The van der Waals surface area contributed by atoms with Gasteiger partial charge in [-0.3, -0.25) is 4.79 Å². The minimum Gasteiger partial charge on any atom is -0.466 e. The molecule has 2 nitrogen and oxygen atoms in total. The van der Waals surface area contributed by atoms with Gasteiger partial charge in [0.2, 0.25) is 0 Å². The van der Waals surface area contributed by atoms with Crippen molar-refractivity contribution in [3.8, 4) is 0 Å². The summed E-state index contributed by atoms with van der Waals surface area (Å²) < 4.78 is 4.40. The normalized spacial score (nSPS) is 7.67. The first kappa shape index (κ1) is 5.47. The highest BCUT2D eigenvalue weighted by Crippen LogP contribution is 1.69. The van der Waals surface area contributed by atoms with Gasteiger partial charge in [0.15, 0.2) is 0 Å². The zero-order valence-electron chi connectivity index (χ0n) is 4.02. The molecule has 2 heteroatoms. The SMILES string of the molecule is CCO[13C](C)=O. The fourth-order valence-electron chi connectivity index (χ4n) is 0.203. The van der Waals surface area contributed by atoms with Crippen molar-refractivity contribution in [3.05, 3.63) is 0 Å². The predicted molar refractivity (Wildman–Crippen MR) is 22.3 cm³/mol. The van der Waals surface area contributed by atoms with E-state index >= 15 is 0 Å². The maximum atomic E-state index is 9.82. The molecule has 0 N–H and O–H groups in total. The predicted octanol–water partition coefficient (Wildman–Crippen LogP) is 0.569. The first-order valence-corrected chi connectivity index (χ1v) is 1.90. The molecule has 0 saturated heterocycles.